The van der Waals surface area contributed by atoms with Crippen molar-refractivity contribution in [2.45, 2.75) is 32.1 Å². The van der Waals surface area contributed by atoms with Crippen LogP contribution in [0.5, 0.6) is 0 Å². The Bertz CT molecular complexity index is 673. The van der Waals surface area contributed by atoms with Gasteiger partial charge in [-0.05, 0) is 31.0 Å². The minimum absolute atomic E-state index is 0.0605. The Labute approximate surface area is 163 Å². The molecule has 156 valence electrons. The summed E-state index contributed by atoms with van der Waals surface area (Å²) in [7, 11) is 3.40. The summed E-state index contributed by atoms with van der Waals surface area (Å²) >= 11 is 0. The first-order valence-corrected chi connectivity index (χ1v) is 9.32. The number of nitrogens with one attached hydrogen (secondary N) is 2. The Morgan fingerprint density at radius 1 is 1.29 bits per heavy atom. The molecule has 1 amide bonds. The van der Waals surface area contributed by atoms with Crippen molar-refractivity contribution in [2.75, 3.05) is 40.3 Å². The van der Waals surface area contributed by atoms with E-state index < -0.39 is 12.7 Å². The average molecular weight is 399 g/mol. The standard InChI is InChI=1S/C19H28F3N5O/c1-4-23-18(25-16-9-10-27(12-16)13-19(20,21)22)24-11-14-5-7-15(8-6-14)17(28)26(2)3/h5-8,16H,4,9-13H2,1-3H3,(H2,23,24,25). The molecule has 0 aliphatic carbocycles. The predicted octanol–water partition coefficient (Wildman–Crippen LogP) is 2.08. The number of halogens is 3. The van der Waals surface area contributed by atoms with Gasteiger partial charge in [0.2, 0.25) is 0 Å². The maximum absolute atomic E-state index is 12.5. The normalized spacial score (nSPS) is 18.2. The van der Waals surface area contributed by atoms with Crippen LogP contribution in [-0.4, -0.2) is 74.2 Å². The van der Waals surface area contributed by atoms with Crippen LogP contribution in [0.1, 0.15) is 29.3 Å². The topological polar surface area (TPSA) is 60.0 Å². The van der Waals surface area contributed by atoms with E-state index in [1.807, 2.05) is 19.1 Å². The van der Waals surface area contributed by atoms with Gasteiger partial charge in [0, 0.05) is 45.3 Å². The molecular weight excluding hydrogens is 371 g/mol. The van der Waals surface area contributed by atoms with Crippen molar-refractivity contribution >= 4 is 11.9 Å². The molecule has 0 radical (unpaired) electrons. The molecule has 0 bridgehead atoms. The Kier molecular flexibility index (Phi) is 7.68. The number of carbonyl (C=O) groups is 1. The van der Waals surface area contributed by atoms with Gasteiger partial charge >= 0.3 is 6.18 Å². The number of benzene rings is 1. The lowest BCUT2D eigenvalue weighted by molar-refractivity contribution is -0.143. The van der Waals surface area contributed by atoms with Crippen LogP contribution in [0.2, 0.25) is 0 Å². The number of rotatable bonds is 6. The Balaban J connectivity index is 1.93. The highest BCUT2D eigenvalue weighted by Gasteiger charge is 2.34. The molecule has 9 heteroatoms. The number of aliphatic imine (C=N–C) groups is 1. The fourth-order valence-corrected chi connectivity index (χ4v) is 3.04. The molecule has 28 heavy (non-hydrogen) atoms. The molecule has 0 saturated carbocycles. The van der Waals surface area contributed by atoms with Crippen molar-refractivity contribution in [3.05, 3.63) is 35.4 Å². The third-order valence-corrected chi connectivity index (χ3v) is 4.39. The summed E-state index contributed by atoms with van der Waals surface area (Å²) in [6.07, 6.45) is -3.53. The van der Waals surface area contributed by atoms with E-state index in [4.69, 9.17) is 0 Å². The third-order valence-electron chi connectivity index (χ3n) is 4.39. The van der Waals surface area contributed by atoms with E-state index >= 15 is 0 Å². The second kappa shape index (κ2) is 9.77. The first-order chi connectivity index (χ1) is 13.2. The largest absolute Gasteiger partial charge is 0.401 e. The highest BCUT2D eigenvalue weighted by molar-refractivity contribution is 5.93. The Morgan fingerprint density at radius 3 is 2.54 bits per heavy atom. The smallest absolute Gasteiger partial charge is 0.357 e. The molecule has 1 fully saturated rings. The zero-order valence-electron chi connectivity index (χ0n) is 16.5. The lowest BCUT2D eigenvalue weighted by atomic mass is 10.1. The quantitative estimate of drug-likeness (QED) is 0.568. The molecule has 6 nitrogen and oxygen atoms in total. The van der Waals surface area contributed by atoms with Crippen molar-refractivity contribution in [3.8, 4) is 0 Å². The van der Waals surface area contributed by atoms with Crippen LogP contribution in [0.4, 0.5) is 13.2 Å². The summed E-state index contributed by atoms with van der Waals surface area (Å²) in [5.41, 5.74) is 1.55. The summed E-state index contributed by atoms with van der Waals surface area (Å²) in [4.78, 5) is 19.4. The van der Waals surface area contributed by atoms with Gasteiger partial charge in [-0.1, -0.05) is 12.1 Å². The van der Waals surface area contributed by atoms with Crippen molar-refractivity contribution < 1.29 is 18.0 Å². The van der Waals surface area contributed by atoms with E-state index in [0.29, 0.717) is 44.1 Å². The van der Waals surface area contributed by atoms with Gasteiger partial charge in [0.15, 0.2) is 5.96 Å². The second-order valence-corrected chi connectivity index (χ2v) is 7.07. The van der Waals surface area contributed by atoms with Crippen LogP contribution in [0.3, 0.4) is 0 Å². The van der Waals surface area contributed by atoms with Crippen LogP contribution in [0, 0.1) is 0 Å². The highest BCUT2D eigenvalue weighted by atomic mass is 19.4. The Morgan fingerprint density at radius 2 is 1.96 bits per heavy atom. The number of carbonyl (C=O) groups excluding carboxylic acids is 1. The van der Waals surface area contributed by atoms with Crippen molar-refractivity contribution in [1.82, 2.24) is 20.4 Å². The fraction of sp³-hybridized carbons (Fsp3) is 0.579. The average Bonchev–Trinajstić information content (AvgIpc) is 3.04. The zero-order chi connectivity index (χ0) is 20.7. The monoisotopic (exact) mass is 399 g/mol. The predicted molar refractivity (Wildman–Crippen MR) is 103 cm³/mol. The fourth-order valence-electron chi connectivity index (χ4n) is 3.04. The van der Waals surface area contributed by atoms with Gasteiger partial charge in [0.25, 0.3) is 5.91 Å². The Hall–Kier alpha value is -2.29. The SMILES string of the molecule is CCNC(=NCc1ccc(C(=O)N(C)C)cc1)NC1CCN(CC(F)(F)F)C1. The number of nitrogens with zero attached hydrogens (tertiary/aromatic N) is 3. The molecule has 0 spiro atoms. The lowest BCUT2D eigenvalue weighted by Gasteiger charge is -2.19. The van der Waals surface area contributed by atoms with E-state index in [9.17, 15) is 18.0 Å². The summed E-state index contributed by atoms with van der Waals surface area (Å²) in [6.45, 7) is 2.87. The number of alkyl halides is 3. The molecule has 1 aliphatic rings. The van der Waals surface area contributed by atoms with Crippen molar-refractivity contribution in [3.63, 3.8) is 0 Å². The van der Waals surface area contributed by atoms with E-state index in [-0.39, 0.29) is 11.9 Å². The lowest BCUT2D eigenvalue weighted by Crippen LogP contribution is -2.45. The minimum Gasteiger partial charge on any atom is -0.357 e. The molecule has 2 N–H and O–H groups in total. The molecule has 1 atom stereocenters. The van der Waals surface area contributed by atoms with Gasteiger partial charge in [-0.15, -0.1) is 0 Å². The highest BCUT2D eigenvalue weighted by Crippen LogP contribution is 2.20. The van der Waals surface area contributed by atoms with Gasteiger partial charge in [0.1, 0.15) is 0 Å². The van der Waals surface area contributed by atoms with Gasteiger partial charge in [-0.3, -0.25) is 9.69 Å². The van der Waals surface area contributed by atoms with Crippen LogP contribution < -0.4 is 10.6 Å². The summed E-state index contributed by atoms with van der Waals surface area (Å²) in [6, 6.07) is 7.16. The van der Waals surface area contributed by atoms with E-state index in [0.717, 1.165) is 5.56 Å². The summed E-state index contributed by atoms with van der Waals surface area (Å²) in [5.74, 6) is 0.518. The van der Waals surface area contributed by atoms with Gasteiger partial charge in [0.05, 0.1) is 13.1 Å². The van der Waals surface area contributed by atoms with Gasteiger partial charge in [-0.25, -0.2) is 4.99 Å². The molecule has 2 rings (SSSR count). The first-order valence-electron chi connectivity index (χ1n) is 9.32. The van der Waals surface area contributed by atoms with Crippen LogP contribution in [0.15, 0.2) is 29.3 Å². The van der Waals surface area contributed by atoms with E-state index in [2.05, 4.69) is 15.6 Å². The first kappa shape index (κ1) is 22.0. The number of amides is 1. The van der Waals surface area contributed by atoms with Gasteiger partial charge in [-0.2, -0.15) is 13.2 Å². The van der Waals surface area contributed by atoms with Crippen LogP contribution >= 0.6 is 0 Å². The van der Waals surface area contributed by atoms with E-state index in [1.165, 1.54) is 9.80 Å². The summed E-state index contributed by atoms with van der Waals surface area (Å²) < 4.78 is 37.6. The molecule has 1 heterocycles. The van der Waals surface area contributed by atoms with E-state index in [1.54, 1.807) is 26.2 Å². The van der Waals surface area contributed by atoms with Crippen LogP contribution in [0.25, 0.3) is 0 Å². The van der Waals surface area contributed by atoms with Crippen LogP contribution in [-0.2, 0) is 6.54 Å². The molecule has 1 saturated heterocycles. The molecule has 1 aliphatic heterocycles. The number of hydrogen-bond donors (Lipinski definition) is 2. The summed E-state index contributed by atoms with van der Waals surface area (Å²) in [5, 5.41) is 6.34. The van der Waals surface area contributed by atoms with Gasteiger partial charge < -0.3 is 15.5 Å². The number of hydrogen-bond acceptors (Lipinski definition) is 3. The molecule has 1 aromatic carbocycles. The molecule has 1 aromatic rings. The third kappa shape index (κ3) is 7.03. The van der Waals surface area contributed by atoms with Crippen molar-refractivity contribution in [2.24, 2.45) is 4.99 Å². The number of guanidine groups is 1. The maximum atomic E-state index is 12.5. The number of likely N-dealkylation sites (tertiary alicyclic amines) is 1. The second-order valence-electron chi connectivity index (χ2n) is 7.07. The van der Waals surface area contributed by atoms with Crippen molar-refractivity contribution in [1.29, 1.82) is 0 Å². The maximum Gasteiger partial charge on any atom is 0.401 e. The molecule has 0 aromatic heterocycles. The molecular formula is C19H28F3N5O. The zero-order valence-corrected chi connectivity index (χ0v) is 16.5. The molecule has 1 unspecified atom stereocenters. The minimum atomic E-state index is -4.17.